The molecule has 1 aliphatic heterocycles. The molecule has 1 aromatic heterocycles. The lowest BCUT2D eigenvalue weighted by Crippen LogP contribution is -2.41. The third kappa shape index (κ3) is 4.57. The fourth-order valence-electron chi connectivity index (χ4n) is 5.16. The van der Waals surface area contributed by atoms with Crippen molar-refractivity contribution in [3.8, 4) is 0 Å². The maximum atomic E-state index is 12.5. The molecule has 29 heavy (non-hydrogen) atoms. The highest BCUT2D eigenvalue weighted by atomic mass is 16.3. The molecule has 1 aromatic carbocycles. The number of nitrogens with zero attached hydrogens (tertiary/aromatic N) is 2. The molecule has 0 radical (unpaired) electrons. The minimum atomic E-state index is 0.180. The average molecular weight is 396 g/mol. The molecule has 1 fully saturated rings. The summed E-state index contributed by atoms with van der Waals surface area (Å²) in [6, 6.07) is 12.9. The van der Waals surface area contributed by atoms with E-state index in [4.69, 9.17) is 4.42 Å². The van der Waals surface area contributed by atoms with Gasteiger partial charge >= 0.3 is 0 Å². The summed E-state index contributed by atoms with van der Waals surface area (Å²) >= 11 is 0. The van der Waals surface area contributed by atoms with Crippen LogP contribution in [0.2, 0.25) is 0 Å². The van der Waals surface area contributed by atoms with Gasteiger partial charge in [-0.15, -0.1) is 0 Å². The Morgan fingerprint density at radius 2 is 2.00 bits per heavy atom. The molecule has 2 aliphatic rings. The molecule has 5 nitrogen and oxygen atoms in total. The van der Waals surface area contributed by atoms with Crippen LogP contribution in [-0.2, 0) is 16.8 Å². The van der Waals surface area contributed by atoms with E-state index in [0.717, 1.165) is 51.2 Å². The monoisotopic (exact) mass is 395 g/mol. The zero-order valence-electron chi connectivity index (χ0n) is 17.7. The van der Waals surface area contributed by atoms with E-state index >= 15 is 0 Å². The van der Waals surface area contributed by atoms with Crippen LogP contribution in [-0.4, -0.2) is 56.0 Å². The maximum absolute atomic E-state index is 12.5. The molecule has 1 saturated heterocycles. The summed E-state index contributed by atoms with van der Waals surface area (Å²) in [4.78, 5) is 17.1. The quantitative estimate of drug-likeness (QED) is 0.781. The van der Waals surface area contributed by atoms with Gasteiger partial charge in [0.05, 0.1) is 12.8 Å². The zero-order chi connectivity index (χ0) is 20.3. The molecule has 0 bridgehead atoms. The number of carbonyl (C=O) groups excluding carboxylic acids is 1. The predicted molar refractivity (Wildman–Crippen MR) is 115 cm³/mol. The smallest absolute Gasteiger partial charge is 0.220 e. The standard InChI is InChI=1S/C24H33N3O2/c1-26(2)14-11-25-23(28)16-19-17-24(22-8-4-3-7-21(19)22)9-12-27(13-10-24)18-20-6-5-15-29-20/h3-8,15,19H,9-14,16-18H2,1-2H3,(H,25,28)/t19-/m1/s1. The number of amides is 1. The van der Waals surface area contributed by atoms with Gasteiger partial charge in [-0.3, -0.25) is 9.69 Å². The van der Waals surface area contributed by atoms with Gasteiger partial charge < -0.3 is 14.6 Å². The first kappa shape index (κ1) is 20.2. The summed E-state index contributed by atoms with van der Waals surface area (Å²) in [6.45, 7) is 4.64. The van der Waals surface area contributed by atoms with Gasteiger partial charge in [-0.05, 0) is 81.0 Å². The van der Waals surface area contributed by atoms with E-state index < -0.39 is 0 Å². The van der Waals surface area contributed by atoms with Crippen molar-refractivity contribution in [2.24, 2.45) is 0 Å². The molecule has 5 heteroatoms. The third-order valence-electron chi connectivity index (χ3n) is 6.69. The first-order valence-electron chi connectivity index (χ1n) is 10.8. The maximum Gasteiger partial charge on any atom is 0.220 e. The van der Waals surface area contributed by atoms with E-state index in [9.17, 15) is 4.79 Å². The Morgan fingerprint density at radius 1 is 1.21 bits per heavy atom. The summed E-state index contributed by atoms with van der Waals surface area (Å²) in [5.74, 6) is 1.56. The second kappa shape index (κ2) is 8.72. The van der Waals surface area contributed by atoms with Crippen molar-refractivity contribution in [3.05, 3.63) is 59.5 Å². The average Bonchev–Trinajstić information content (AvgIpc) is 3.31. The van der Waals surface area contributed by atoms with Crippen LogP contribution in [0.25, 0.3) is 0 Å². The molecule has 1 atom stereocenters. The Kier molecular flexibility index (Phi) is 6.07. The Hall–Kier alpha value is -2.11. The molecule has 0 saturated carbocycles. The molecule has 1 N–H and O–H groups in total. The number of likely N-dealkylation sites (tertiary alicyclic amines) is 1. The van der Waals surface area contributed by atoms with Gasteiger partial charge in [0, 0.05) is 19.5 Å². The molecule has 2 aromatic rings. The van der Waals surface area contributed by atoms with Crippen LogP contribution < -0.4 is 5.32 Å². The van der Waals surface area contributed by atoms with Crippen molar-refractivity contribution in [3.63, 3.8) is 0 Å². The minimum Gasteiger partial charge on any atom is -0.468 e. The number of benzene rings is 1. The molecule has 1 spiro atoms. The first-order valence-corrected chi connectivity index (χ1v) is 10.8. The van der Waals surface area contributed by atoms with E-state index in [1.807, 2.05) is 20.2 Å². The van der Waals surface area contributed by atoms with Crippen LogP contribution in [0.1, 0.15) is 48.5 Å². The highest BCUT2D eigenvalue weighted by Crippen LogP contribution is 2.52. The molecule has 2 heterocycles. The molecule has 156 valence electrons. The molecule has 0 unspecified atom stereocenters. The number of fused-ring (bicyclic) bond motifs is 2. The third-order valence-corrected chi connectivity index (χ3v) is 6.69. The number of hydrogen-bond donors (Lipinski definition) is 1. The predicted octanol–water partition coefficient (Wildman–Crippen LogP) is 3.37. The number of carbonyl (C=O) groups is 1. The van der Waals surface area contributed by atoms with Gasteiger partial charge in [0.15, 0.2) is 0 Å². The minimum absolute atomic E-state index is 0.180. The summed E-state index contributed by atoms with van der Waals surface area (Å²) in [5, 5.41) is 3.10. The summed E-state index contributed by atoms with van der Waals surface area (Å²) in [7, 11) is 4.06. The lowest BCUT2D eigenvalue weighted by molar-refractivity contribution is -0.121. The van der Waals surface area contributed by atoms with Crippen LogP contribution in [0, 0.1) is 0 Å². The van der Waals surface area contributed by atoms with E-state index in [2.05, 4.69) is 45.4 Å². The highest BCUT2D eigenvalue weighted by Gasteiger charge is 2.45. The summed E-state index contributed by atoms with van der Waals surface area (Å²) in [5.41, 5.74) is 3.11. The lowest BCUT2D eigenvalue weighted by Gasteiger charge is -2.40. The van der Waals surface area contributed by atoms with Crippen LogP contribution in [0.15, 0.2) is 47.1 Å². The van der Waals surface area contributed by atoms with Crippen LogP contribution in [0.3, 0.4) is 0 Å². The molecule has 4 rings (SSSR count). The Bertz CT molecular complexity index is 807. The number of nitrogens with one attached hydrogen (secondary N) is 1. The van der Waals surface area contributed by atoms with E-state index in [-0.39, 0.29) is 11.3 Å². The molecule has 1 aliphatic carbocycles. The Labute approximate surface area is 174 Å². The summed E-state index contributed by atoms with van der Waals surface area (Å²) < 4.78 is 5.53. The summed E-state index contributed by atoms with van der Waals surface area (Å²) in [6.07, 6.45) is 5.76. The SMILES string of the molecule is CN(C)CCNC(=O)C[C@@H]1CC2(CCN(Cc3ccco3)CC2)c2ccccc21. The number of hydrogen-bond acceptors (Lipinski definition) is 4. The van der Waals surface area contributed by atoms with Crippen LogP contribution in [0.4, 0.5) is 0 Å². The largest absolute Gasteiger partial charge is 0.468 e. The number of furan rings is 1. The van der Waals surface area contributed by atoms with Crippen molar-refractivity contribution in [2.75, 3.05) is 40.3 Å². The fourth-order valence-corrected chi connectivity index (χ4v) is 5.16. The van der Waals surface area contributed by atoms with Crippen molar-refractivity contribution < 1.29 is 9.21 Å². The second-order valence-corrected chi connectivity index (χ2v) is 8.98. The zero-order valence-corrected chi connectivity index (χ0v) is 17.7. The van der Waals surface area contributed by atoms with Gasteiger partial charge in [0.1, 0.15) is 5.76 Å². The van der Waals surface area contributed by atoms with Crippen molar-refractivity contribution in [1.29, 1.82) is 0 Å². The van der Waals surface area contributed by atoms with Crippen LogP contribution in [0.5, 0.6) is 0 Å². The highest BCUT2D eigenvalue weighted by molar-refractivity contribution is 5.77. The molecular weight excluding hydrogens is 362 g/mol. The van der Waals surface area contributed by atoms with Crippen molar-refractivity contribution >= 4 is 5.91 Å². The van der Waals surface area contributed by atoms with Gasteiger partial charge in [-0.25, -0.2) is 0 Å². The molecular formula is C24H33N3O2. The normalized spacial score (nSPS) is 20.9. The van der Waals surface area contributed by atoms with E-state index in [1.54, 1.807) is 6.26 Å². The van der Waals surface area contributed by atoms with E-state index in [0.29, 0.717) is 18.9 Å². The number of rotatable bonds is 7. The van der Waals surface area contributed by atoms with Crippen molar-refractivity contribution in [1.82, 2.24) is 15.1 Å². The van der Waals surface area contributed by atoms with Crippen LogP contribution >= 0.6 is 0 Å². The number of piperidine rings is 1. The van der Waals surface area contributed by atoms with Gasteiger partial charge in [-0.1, -0.05) is 24.3 Å². The lowest BCUT2D eigenvalue weighted by atomic mass is 9.73. The molecule has 1 amide bonds. The first-order chi connectivity index (χ1) is 14.1. The Morgan fingerprint density at radius 3 is 2.72 bits per heavy atom. The van der Waals surface area contributed by atoms with Gasteiger partial charge in [0.2, 0.25) is 5.91 Å². The topological polar surface area (TPSA) is 48.7 Å². The van der Waals surface area contributed by atoms with Crippen molar-refractivity contribution in [2.45, 2.75) is 43.6 Å². The Balaban J connectivity index is 1.40. The van der Waals surface area contributed by atoms with E-state index in [1.165, 1.54) is 11.1 Å². The van der Waals surface area contributed by atoms with Gasteiger partial charge in [0.25, 0.3) is 0 Å². The van der Waals surface area contributed by atoms with Gasteiger partial charge in [-0.2, -0.15) is 0 Å². The number of likely N-dealkylation sites (N-methyl/N-ethyl adjacent to an activating group) is 1. The second-order valence-electron chi connectivity index (χ2n) is 8.98. The fraction of sp³-hybridized carbons (Fsp3) is 0.542.